The van der Waals surface area contributed by atoms with Crippen molar-refractivity contribution in [1.82, 2.24) is 20.3 Å². The smallest absolute Gasteiger partial charge is 0.269 e. The lowest BCUT2D eigenvalue weighted by molar-refractivity contribution is 0.0958. The molecule has 160 valence electrons. The van der Waals surface area contributed by atoms with Crippen molar-refractivity contribution >= 4 is 5.91 Å². The van der Waals surface area contributed by atoms with E-state index < -0.39 is 0 Å². The number of aromatic nitrogens is 3. The highest BCUT2D eigenvalue weighted by molar-refractivity contribution is 5.92. The van der Waals surface area contributed by atoms with Crippen LogP contribution in [0.3, 0.4) is 0 Å². The lowest BCUT2D eigenvalue weighted by Crippen LogP contribution is -2.18. The van der Waals surface area contributed by atoms with Crippen LogP contribution >= 0.6 is 0 Å². The Morgan fingerprint density at radius 3 is 2.65 bits per heavy atom. The Labute approximate surface area is 180 Å². The van der Waals surface area contributed by atoms with Gasteiger partial charge in [0.2, 0.25) is 0 Å². The molecule has 8 heteroatoms. The molecule has 1 amide bonds. The largest absolute Gasteiger partial charge is 0.488 e. The number of pyridine rings is 3. The molecule has 0 saturated heterocycles. The van der Waals surface area contributed by atoms with Gasteiger partial charge in [-0.25, -0.2) is 4.98 Å². The van der Waals surface area contributed by atoms with Gasteiger partial charge in [-0.15, -0.1) is 0 Å². The standard InChI is InChI=1S/C23H24N4O4/c1-3-29-21-11-18(31-17-8-9-25-20(10-17)22(28)24-2)13-27-23(21)30-14-15-4-7-19(26-12-15)16-5-6-16/h4,7-13,16H,3,5-6,14H2,1-2H3,(H,24,28). The van der Waals surface area contributed by atoms with E-state index in [2.05, 4.69) is 26.3 Å². The maximum Gasteiger partial charge on any atom is 0.269 e. The minimum Gasteiger partial charge on any atom is -0.488 e. The number of nitrogens with one attached hydrogen (secondary N) is 1. The van der Waals surface area contributed by atoms with E-state index in [9.17, 15) is 4.79 Å². The van der Waals surface area contributed by atoms with Gasteiger partial charge in [-0.2, -0.15) is 0 Å². The fraction of sp³-hybridized carbons (Fsp3) is 0.304. The van der Waals surface area contributed by atoms with E-state index in [0.717, 1.165) is 11.3 Å². The Kier molecular flexibility index (Phi) is 6.26. The minimum atomic E-state index is -0.290. The lowest BCUT2D eigenvalue weighted by Gasteiger charge is -2.13. The Balaban J connectivity index is 1.45. The fourth-order valence-electron chi connectivity index (χ4n) is 2.99. The molecule has 1 N–H and O–H groups in total. The minimum absolute atomic E-state index is 0.263. The van der Waals surface area contributed by atoms with Crippen LogP contribution < -0.4 is 19.5 Å². The highest BCUT2D eigenvalue weighted by Gasteiger charge is 2.24. The second-order valence-electron chi connectivity index (χ2n) is 7.12. The molecule has 1 saturated carbocycles. The van der Waals surface area contributed by atoms with E-state index in [1.165, 1.54) is 19.0 Å². The van der Waals surface area contributed by atoms with Crippen LogP contribution in [0, 0.1) is 0 Å². The van der Waals surface area contributed by atoms with Crippen molar-refractivity contribution in [2.45, 2.75) is 32.3 Å². The third-order valence-corrected chi connectivity index (χ3v) is 4.74. The van der Waals surface area contributed by atoms with Crippen LogP contribution in [0.1, 0.15) is 47.4 Å². The predicted octanol–water partition coefficient (Wildman–Crippen LogP) is 3.88. The summed E-state index contributed by atoms with van der Waals surface area (Å²) >= 11 is 0. The molecule has 0 unspecified atom stereocenters. The molecular weight excluding hydrogens is 396 g/mol. The van der Waals surface area contributed by atoms with Crippen LogP contribution in [0.5, 0.6) is 23.1 Å². The molecule has 0 atom stereocenters. The molecule has 1 fully saturated rings. The summed E-state index contributed by atoms with van der Waals surface area (Å²) in [5, 5.41) is 2.53. The van der Waals surface area contributed by atoms with Gasteiger partial charge in [-0.1, -0.05) is 6.07 Å². The van der Waals surface area contributed by atoms with Gasteiger partial charge in [0.15, 0.2) is 5.75 Å². The van der Waals surface area contributed by atoms with Gasteiger partial charge in [0.05, 0.1) is 12.8 Å². The first-order valence-corrected chi connectivity index (χ1v) is 10.2. The maximum absolute atomic E-state index is 11.8. The third kappa shape index (κ3) is 5.28. The second kappa shape index (κ2) is 9.42. The summed E-state index contributed by atoms with van der Waals surface area (Å²) in [6, 6.07) is 9.02. The van der Waals surface area contributed by atoms with Gasteiger partial charge in [-0.05, 0) is 31.9 Å². The summed E-state index contributed by atoms with van der Waals surface area (Å²) in [5.74, 6) is 2.11. The van der Waals surface area contributed by atoms with Crippen LogP contribution in [0.4, 0.5) is 0 Å². The van der Waals surface area contributed by atoms with Crippen LogP contribution in [0.15, 0.2) is 48.9 Å². The number of carbonyl (C=O) groups is 1. The predicted molar refractivity (Wildman–Crippen MR) is 114 cm³/mol. The van der Waals surface area contributed by atoms with E-state index in [1.54, 1.807) is 31.4 Å². The molecule has 3 aromatic heterocycles. The van der Waals surface area contributed by atoms with E-state index in [1.807, 2.05) is 19.2 Å². The number of rotatable bonds is 9. The molecule has 31 heavy (non-hydrogen) atoms. The highest BCUT2D eigenvalue weighted by Crippen LogP contribution is 2.38. The molecule has 0 spiro atoms. The first-order chi connectivity index (χ1) is 15.2. The average molecular weight is 420 g/mol. The molecule has 1 aliphatic carbocycles. The molecule has 4 rings (SSSR count). The van der Waals surface area contributed by atoms with Crippen molar-refractivity contribution in [3.8, 4) is 23.1 Å². The lowest BCUT2D eigenvalue weighted by atomic mass is 10.2. The van der Waals surface area contributed by atoms with Crippen molar-refractivity contribution < 1.29 is 19.0 Å². The Morgan fingerprint density at radius 2 is 1.94 bits per heavy atom. The zero-order chi connectivity index (χ0) is 21.6. The first kappa shape index (κ1) is 20.6. The number of carbonyl (C=O) groups excluding carboxylic acids is 1. The summed E-state index contributed by atoms with van der Waals surface area (Å²) < 4.78 is 17.4. The van der Waals surface area contributed by atoms with Gasteiger partial charge >= 0.3 is 0 Å². The van der Waals surface area contributed by atoms with Gasteiger partial charge in [0, 0.05) is 48.7 Å². The molecule has 0 aliphatic heterocycles. The topological polar surface area (TPSA) is 95.5 Å². The molecular formula is C23H24N4O4. The Bertz CT molecular complexity index is 1050. The zero-order valence-electron chi connectivity index (χ0n) is 17.5. The molecule has 0 bridgehead atoms. The second-order valence-corrected chi connectivity index (χ2v) is 7.12. The number of hydrogen-bond donors (Lipinski definition) is 1. The number of ether oxygens (including phenoxy) is 3. The van der Waals surface area contributed by atoms with E-state index in [0.29, 0.717) is 42.3 Å². The SMILES string of the molecule is CCOc1cc(Oc2ccnc(C(=O)NC)c2)cnc1OCc1ccc(C2CC2)nc1. The monoisotopic (exact) mass is 420 g/mol. The van der Waals surface area contributed by atoms with Crippen LogP contribution in [-0.4, -0.2) is 34.5 Å². The summed E-state index contributed by atoms with van der Waals surface area (Å²) in [4.78, 5) is 24.7. The third-order valence-electron chi connectivity index (χ3n) is 4.74. The molecule has 3 aromatic rings. The summed E-state index contributed by atoms with van der Waals surface area (Å²) in [6.45, 7) is 2.68. The first-order valence-electron chi connectivity index (χ1n) is 10.2. The van der Waals surface area contributed by atoms with Crippen molar-refractivity contribution in [3.63, 3.8) is 0 Å². The average Bonchev–Trinajstić information content (AvgIpc) is 3.64. The van der Waals surface area contributed by atoms with Crippen molar-refractivity contribution in [2.24, 2.45) is 0 Å². The quantitative estimate of drug-likeness (QED) is 0.561. The van der Waals surface area contributed by atoms with Gasteiger partial charge in [0.25, 0.3) is 11.8 Å². The maximum atomic E-state index is 11.8. The molecule has 1 aliphatic rings. The van der Waals surface area contributed by atoms with Crippen molar-refractivity contribution in [3.05, 3.63) is 65.9 Å². The van der Waals surface area contributed by atoms with Gasteiger partial charge in [-0.3, -0.25) is 14.8 Å². The van der Waals surface area contributed by atoms with Crippen molar-refractivity contribution in [1.29, 1.82) is 0 Å². The Morgan fingerprint density at radius 1 is 1.06 bits per heavy atom. The summed E-state index contributed by atoms with van der Waals surface area (Å²) in [7, 11) is 1.55. The zero-order valence-corrected chi connectivity index (χ0v) is 17.5. The molecule has 0 aromatic carbocycles. The van der Waals surface area contributed by atoms with Crippen LogP contribution in [0.25, 0.3) is 0 Å². The summed E-state index contributed by atoms with van der Waals surface area (Å²) in [5.41, 5.74) is 2.38. The Hall–Kier alpha value is -3.68. The number of nitrogens with zero attached hydrogens (tertiary/aromatic N) is 3. The molecule has 8 nitrogen and oxygen atoms in total. The number of amides is 1. The van der Waals surface area contributed by atoms with Crippen molar-refractivity contribution in [2.75, 3.05) is 13.7 Å². The molecule has 0 radical (unpaired) electrons. The normalized spacial score (nSPS) is 12.8. The van der Waals surface area contributed by atoms with Crippen LogP contribution in [0.2, 0.25) is 0 Å². The van der Waals surface area contributed by atoms with E-state index in [4.69, 9.17) is 14.2 Å². The van der Waals surface area contributed by atoms with Gasteiger partial charge in [0.1, 0.15) is 23.8 Å². The highest BCUT2D eigenvalue weighted by atomic mass is 16.5. The molecule has 3 heterocycles. The summed E-state index contributed by atoms with van der Waals surface area (Å²) in [6.07, 6.45) is 7.36. The fourth-order valence-corrected chi connectivity index (χ4v) is 2.99. The van der Waals surface area contributed by atoms with E-state index >= 15 is 0 Å². The van der Waals surface area contributed by atoms with Gasteiger partial charge < -0.3 is 19.5 Å². The number of hydrogen-bond acceptors (Lipinski definition) is 7. The van der Waals surface area contributed by atoms with E-state index in [-0.39, 0.29) is 11.6 Å². The van der Waals surface area contributed by atoms with Crippen LogP contribution in [-0.2, 0) is 6.61 Å².